The van der Waals surface area contributed by atoms with E-state index in [0.717, 1.165) is 4.90 Å². The molecule has 0 saturated carbocycles. The normalized spacial score (nSPS) is 12.5. The highest BCUT2D eigenvalue weighted by molar-refractivity contribution is 7.94. The van der Waals surface area contributed by atoms with Crippen LogP contribution in [0, 0.1) is 0 Å². The molecule has 1 unspecified atom stereocenters. The van der Waals surface area contributed by atoms with E-state index >= 15 is 0 Å². The molecule has 0 bridgehead atoms. The minimum atomic E-state index is -1.03. The topological polar surface area (TPSA) is 23.1 Å². The monoisotopic (exact) mass is 152 g/mol. The molecule has 1 aromatic rings. The minimum Gasteiger partial charge on any atom is -0.607 e. The predicted octanol–water partition coefficient (Wildman–Crippen LogP) is 1.94. The second-order valence-electron chi connectivity index (χ2n) is 1.78. The van der Waals surface area contributed by atoms with Gasteiger partial charge in [-0.3, -0.25) is 0 Å². The lowest BCUT2D eigenvalue weighted by molar-refractivity contribution is 0.603. The fraction of sp³-hybridized carbons (Fsp3) is 0. The Hall–Kier alpha value is -0.730. The van der Waals surface area contributed by atoms with E-state index in [1.54, 1.807) is 0 Å². The van der Waals surface area contributed by atoms with Gasteiger partial charge in [0, 0.05) is 11.2 Å². The molecule has 0 amide bonds. The highest BCUT2D eigenvalue weighted by Crippen LogP contribution is 2.09. The molecule has 1 nitrogen and oxygen atoms in total. The number of hydrogen-bond donors (Lipinski definition) is 0. The van der Waals surface area contributed by atoms with Crippen molar-refractivity contribution in [1.82, 2.24) is 0 Å². The molecule has 2 heteroatoms. The molecule has 1 rings (SSSR count). The maximum Gasteiger partial charge on any atom is 0.157 e. The largest absolute Gasteiger partial charge is 0.607 e. The highest BCUT2D eigenvalue weighted by atomic mass is 32.2. The molecular weight excluding hydrogens is 144 g/mol. The van der Waals surface area contributed by atoms with Gasteiger partial charge in [0.05, 0.1) is 0 Å². The van der Waals surface area contributed by atoms with Crippen molar-refractivity contribution in [2.75, 3.05) is 0 Å². The van der Waals surface area contributed by atoms with E-state index in [1.165, 1.54) is 5.41 Å². The van der Waals surface area contributed by atoms with E-state index < -0.39 is 11.2 Å². The Morgan fingerprint density at radius 1 is 1.30 bits per heavy atom. The van der Waals surface area contributed by atoms with Crippen molar-refractivity contribution in [1.29, 1.82) is 0 Å². The summed E-state index contributed by atoms with van der Waals surface area (Å²) in [7, 11) is 0. The number of benzene rings is 1. The van der Waals surface area contributed by atoms with Crippen molar-refractivity contribution in [3.8, 4) is 0 Å². The van der Waals surface area contributed by atoms with Gasteiger partial charge in [0.25, 0.3) is 0 Å². The van der Waals surface area contributed by atoms with Crippen molar-refractivity contribution in [2.24, 2.45) is 0 Å². The standard InChI is InChI=1S/C8H8OS/c1-2-10(9)8-6-4-3-5-7-8/h2-7H,1H2. The molecule has 0 spiro atoms. The van der Waals surface area contributed by atoms with Gasteiger partial charge in [-0.1, -0.05) is 24.8 Å². The Morgan fingerprint density at radius 2 is 1.90 bits per heavy atom. The second-order valence-corrected chi connectivity index (χ2v) is 3.18. The van der Waals surface area contributed by atoms with E-state index in [4.69, 9.17) is 0 Å². The lowest BCUT2D eigenvalue weighted by Crippen LogP contribution is -1.93. The summed E-state index contributed by atoms with van der Waals surface area (Å²) < 4.78 is 11.0. The molecule has 0 heterocycles. The van der Waals surface area contributed by atoms with Gasteiger partial charge in [0.1, 0.15) is 5.41 Å². The fourth-order valence-corrected chi connectivity index (χ4v) is 1.27. The van der Waals surface area contributed by atoms with Crippen LogP contribution in [0.3, 0.4) is 0 Å². The van der Waals surface area contributed by atoms with Crippen LogP contribution in [0.5, 0.6) is 0 Å². The summed E-state index contributed by atoms with van der Waals surface area (Å²) in [6.45, 7) is 3.44. The van der Waals surface area contributed by atoms with Crippen molar-refractivity contribution in [3.63, 3.8) is 0 Å². The number of hydrogen-bond acceptors (Lipinski definition) is 1. The van der Waals surface area contributed by atoms with Crippen LogP contribution in [0.4, 0.5) is 0 Å². The lowest BCUT2D eigenvalue weighted by Gasteiger charge is -2.01. The third-order valence-corrected chi connectivity index (χ3v) is 2.17. The summed E-state index contributed by atoms with van der Waals surface area (Å²) in [6.07, 6.45) is 0. The van der Waals surface area contributed by atoms with Gasteiger partial charge in [0.2, 0.25) is 0 Å². The zero-order valence-corrected chi connectivity index (χ0v) is 6.30. The van der Waals surface area contributed by atoms with Crippen LogP contribution in [0.15, 0.2) is 47.2 Å². The summed E-state index contributed by atoms with van der Waals surface area (Å²) in [4.78, 5) is 0.803. The van der Waals surface area contributed by atoms with Crippen LogP contribution in [0.1, 0.15) is 0 Å². The first-order valence-corrected chi connectivity index (χ1v) is 4.14. The van der Waals surface area contributed by atoms with Crippen LogP contribution in [0.25, 0.3) is 0 Å². The molecule has 0 aliphatic carbocycles. The van der Waals surface area contributed by atoms with Crippen molar-refractivity contribution >= 4 is 11.2 Å². The first kappa shape index (κ1) is 7.38. The van der Waals surface area contributed by atoms with Gasteiger partial charge in [0.15, 0.2) is 4.90 Å². The molecule has 0 radical (unpaired) electrons. The third-order valence-electron chi connectivity index (χ3n) is 1.13. The van der Waals surface area contributed by atoms with E-state index in [2.05, 4.69) is 6.58 Å². The molecular formula is C8H8OS. The summed E-state index contributed by atoms with van der Waals surface area (Å²) >= 11 is -1.03. The van der Waals surface area contributed by atoms with Gasteiger partial charge >= 0.3 is 0 Å². The lowest BCUT2D eigenvalue weighted by atomic mass is 10.4. The van der Waals surface area contributed by atoms with Crippen LogP contribution in [-0.4, -0.2) is 4.55 Å². The molecule has 0 fully saturated rings. The van der Waals surface area contributed by atoms with E-state index in [0.29, 0.717) is 0 Å². The maximum atomic E-state index is 11.0. The maximum absolute atomic E-state index is 11.0. The zero-order chi connectivity index (χ0) is 7.40. The molecule has 0 aliphatic heterocycles. The molecule has 0 aromatic heterocycles. The molecule has 1 atom stereocenters. The number of rotatable bonds is 2. The summed E-state index contributed by atoms with van der Waals surface area (Å²) in [5.41, 5.74) is 0. The summed E-state index contributed by atoms with van der Waals surface area (Å²) in [5.74, 6) is 0. The average Bonchev–Trinajstić information content (AvgIpc) is 2.05. The van der Waals surface area contributed by atoms with Crippen LogP contribution in [-0.2, 0) is 11.2 Å². The smallest absolute Gasteiger partial charge is 0.157 e. The Bertz CT molecular complexity index is 208. The SMILES string of the molecule is C=C[S+]([O-])c1ccccc1. The van der Waals surface area contributed by atoms with Crippen molar-refractivity contribution in [3.05, 3.63) is 42.3 Å². The second kappa shape index (κ2) is 3.44. The zero-order valence-electron chi connectivity index (χ0n) is 5.49. The summed E-state index contributed by atoms with van der Waals surface area (Å²) in [6, 6.07) is 9.24. The van der Waals surface area contributed by atoms with Crippen molar-refractivity contribution in [2.45, 2.75) is 4.90 Å². The van der Waals surface area contributed by atoms with Crippen molar-refractivity contribution < 1.29 is 4.55 Å². The van der Waals surface area contributed by atoms with E-state index in [-0.39, 0.29) is 0 Å². The van der Waals surface area contributed by atoms with Gasteiger partial charge in [-0.25, -0.2) is 0 Å². The first-order valence-electron chi connectivity index (χ1n) is 2.93. The van der Waals surface area contributed by atoms with Gasteiger partial charge in [-0.05, 0) is 12.1 Å². The quantitative estimate of drug-likeness (QED) is 0.594. The minimum absolute atomic E-state index is 0.803. The van der Waals surface area contributed by atoms with Gasteiger partial charge < -0.3 is 4.55 Å². The van der Waals surface area contributed by atoms with Crippen LogP contribution >= 0.6 is 0 Å². The molecule has 52 valence electrons. The summed E-state index contributed by atoms with van der Waals surface area (Å²) in [5, 5.41) is 1.43. The molecule has 0 N–H and O–H groups in total. The van der Waals surface area contributed by atoms with Crippen LogP contribution in [0.2, 0.25) is 0 Å². The first-order chi connectivity index (χ1) is 4.84. The third kappa shape index (κ3) is 1.62. The Balaban J connectivity index is 2.84. The van der Waals surface area contributed by atoms with E-state index in [1.807, 2.05) is 30.3 Å². The Labute approximate surface area is 63.6 Å². The molecule has 10 heavy (non-hydrogen) atoms. The Kier molecular flexibility index (Phi) is 2.54. The van der Waals surface area contributed by atoms with Crippen LogP contribution < -0.4 is 0 Å². The highest BCUT2D eigenvalue weighted by Gasteiger charge is 2.02. The van der Waals surface area contributed by atoms with Gasteiger partial charge in [-0.15, -0.1) is 0 Å². The molecule has 0 aliphatic rings. The predicted molar refractivity (Wildman–Crippen MR) is 43.0 cm³/mol. The fourth-order valence-electron chi connectivity index (χ4n) is 0.651. The Morgan fingerprint density at radius 3 is 2.40 bits per heavy atom. The molecule has 0 saturated heterocycles. The van der Waals surface area contributed by atoms with Gasteiger partial charge in [-0.2, -0.15) is 0 Å². The van der Waals surface area contributed by atoms with E-state index in [9.17, 15) is 4.55 Å². The average molecular weight is 152 g/mol. The molecule has 1 aromatic carbocycles.